The molecule has 0 fully saturated rings. The lowest BCUT2D eigenvalue weighted by molar-refractivity contribution is 0.669. The lowest BCUT2D eigenvalue weighted by atomic mass is 9.96. The third kappa shape index (κ3) is 5.30. The number of para-hydroxylation sites is 2. The summed E-state index contributed by atoms with van der Waals surface area (Å²) in [4.78, 5) is 2.36. The first-order chi connectivity index (χ1) is 25.7. The maximum atomic E-state index is 6.21. The van der Waals surface area contributed by atoms with Crippen molar-refractivity contribution in [1.82, 2.24) is 0 Å². The Morgan fingerprint density at radius 3 is 1.62 bits per heavy atom. The fraction of sp³-hybridized carbons (Fsp3) is 0. The summed E-state index contributed by atoms with van der Waals surface area (Å²) in [5.74, 6) is 0. The van der Waals surface area contributed by atoms with E-state index >= 15 is 0 Å². The second-order valence-electron chi connectivity index (χ2n) is 13.4. The zero-order chi connectivity index (χ0) is 34.4. The number of benzene rings is 9. The average molecular weight is 664 g/mol. The number of hydrogen-bond donors (Lipinski definition) is 0. The molecule has 0 aliphatic heterocycles. The molecule has 0 aliphatic rings. The van der Waals surface area contributed by atoms with Crippen LogP contribution in [0.3, 0.4) is 0 Å². The minimum absolute atomic E-state index is 0.886. The van der Waals surface area contributed by atoms with Crippen molar-refractivity contribution in [3.8, 4) is 33.4 Å². The molecule has 10 aromatic rings. The first-order valence-corrected chi connectivity index (χ1v) is 17.7. The number of fused-ring (bicyclic) bond motifs is 5. The SMILES string of the molecule is c1ccc(-c2ccccc2N(c2ccc(-c3ccc4cc(-c5ccc6ccccc6c5)ccc4c3)cc2)c2ccc3oc4ccccc4c3c2)cc1. The zero-order valence-corrected chi connectivity index (χ0v) is 28.4. The summed E-state index contributed by atoms with van der Waals surface area (Å²) in [6, 6.07) is 71.8. The molecule has 0 amide bonds. The number of anilines is 3. The molecule has 0 saturated heterocycles. The van der Waals surface area contributed by atoms with Crippen LogP contribution in [-0.2, 0) is 0 Å². The van der Waals surface area contributed by atoms with Gasteiger partial charge in [0, 0.05) is 27.7 Å². The highest BCUT2D eigenvalue weighted by atomic mass is 16.3. The maximum absolute atomic E-state index is 6.21. The van der Waals surface area contributed by atoms with Crippen LogP contribution in [0, 0.1) is 0 Å². The van der Waals surface area contributed by atoms with Gasteiger partial charge in [0.05, 0.1) is 5.69 Å². The van der Waals surface area contributed by atoms with E-state index in [4.69, 9.17) is 4.42 Å². The molecule has 0 atom stereocenters. The molecule has 52 heavy (non-hydrogen) atoms. The van der Waals surface area contributed by atoms with Gasteiger partial charge in [-0.1, -0.05) is 140 Å². The van der Waals surface area contributed by atoms with Gasteiger partial charge in [0.1, 0.15) is 11.2 Å². The second kappa shape index (κ2) is 12.5. The van der Waals surface area contributed by atoms with Crippen molar-refractivity contribution in [2.24, 2.45) is 0 Å². The molecule has 0 saturated carbocycles. The molecular weight excluding hydrogens is 631 g/mol. The van der Waals surface area contributed by atoms with Gasteiger partial charge in [-0.25, -0.2) is 0 Å². The lowest BCUT2D eigenvalue weighted by Gasteiger charge is -2.28. The van der Waals surface area contributed by atoms with Crippen LogP contribution in [0.1, 0.15) is 0 Å². The first-order valence-electron chi connectivity index (χ1n) is 17.7. The predicted molar refractivity (Wildman–Crippen MR) is 220 cm³/mol. The molecule has 0 radical (unpaired) electrons. The standard InChI is InChI=1S/C50H33NO/c1-2-11-36(12-3-1)45-14-6-8-16-48(45)51(44-28-29-50-47(33-44)46-15-7-9-17-49(46)52-50)43-26-24-35(25-27-43)38-20-21-41-32-42(23-22-40(41)31-38)39-19-18-34-10-4-5-13-37(34)30-39/h1-33H. The molecule has 1 aromatic heterocycles. The molecular formula is C50H33NO. The van der Waals surface area contributed by atoms with E-state index in [2.05, 4.69) is 193 Å². The van der Waals surface area contributed by atoms with Crippen molar-refractivity contribution < 1.29 is 4.42 Å². The van der Waals surface area contributed by atoms with Gasteiger partial charge in [-0.15, -0.1) is 0 Å². The van der Waals surface area contributed by atoms with Crippen LogP contribution in [0.5, 0.6) is 0 Å². The third-order valence-electron chi connectivity index (χ3n) is 10.2. The maximum Gasteiger partial charge on any atom is 0.135 e. The minimum atomic E-state index is 0.886. The van der Waals surface area contributed by atoms with Crippen molar-refractivity contribution in [2.45, 2.75) is 0 Å². The Hall–Kier alpha value is -6.90. The lowest BCUT2D eigenvalue weighted by Crippen LogP contribution is -2.11. The summed E-state index contributed by atoms with van der Waals surface area (Å²) in [7, 11) is 0. The largest absolute Gasteiger partial charge is 0.456 e. The molecule has 0 spiro atoms. The van der Waals surface area contributed by atoms with Crippen LogP contribution in [0.25, 0.3) is 76.9 Å². The van der Waals surface area contributed by atoms with Crippen molar-refractivity contribution in [3.05, 3.63) is 200 Å². The summed E-state index contributed by atoms with van der Waals surface area (Å²) in [5.41, 5.74) is 12.2. The predicted octanol–water partition coefficient (Wildman–Crippen LogP) is 14.4. The highest BCUT2D eigenvalue weighted by Crippen LogP contribution is 2.43. The monoisotopic (exact) mass is 663 g/mol. The Morgan fingerprint density at radius 1 is 0.308 bits per heavy atom. The van der Waals surface area contributed by atoms with Crippen LogP contribution in [0.2, 0.25) is 0 Å². The molecule has 244 valence electrons. The van der Waals surface area contributed by atoms with Gasteiger partial charge in [-0.2, -0.15) is 0 Å². The molecule has 2 heteroatoms. The summed E-state index contributed by atoms with van der Waals surface area (Å²) >= 11 is 0. The van der Waals surface area contributed by atoms with Crippen LogP contribution >= 0.6 is 0 Å². The molecule has 0 N–H and O–H groups in total. The Morgan fingerprint density at radius 2 is 0.846 bits per heavy atom. The molecule has 0 bridgehead atoms. The topological polar surface area (TPSA) is 16.4 Å². The van der Waals surface area contributed by atoms with Gasteiger partial charge >= 0.3 is 0 Å². The zero-order valence-electron chi connectivity index (χ0n) is 28.4. The highest BCUT2D eigenvalue weighted by Gasteiger charge is 2.19. The van der Waals surface area contributed by atoms with Gasteiger partial charge < -0.3 is 9.32 Å². The van der Waals surface area contributed by atoms with E-state index in [9.17, 15) is 0 Å². The molecule has 2 nitrogen and oxygen atoms in total. The fourth-order valence-corrected chi connectivity index (χ4v) is 7.59. The molecule has 10 rings (SSSR count). The molecule has 1 heterocycles. The van der Waals surface area contributed by atoms with Crippen molar-refractivity contribution in [2.75, 3.05) is 4.90 Å². The Kier molecular flexibility index (Phi) is 7.18. The minimum Gasteiger partial charge on any atom is -0.456 e. The van der Waals surface area contributed by atoms with E-state index in [1.54, 1.807) is 0 Å². The van der Waals surface area contributed by atoms with Crippen LogP contribution in [-0.4, -0.2) is 0 Å². The van der Waals surface area contributed by atoms with Crippen LogP contribution < -0.4 is 4.90 Å². The summed E-state index contributed by atoms with van der Waals surface area (Å²) < 4.78 is 6.21. The normalized spacial score (nSPS) is 11.5. The molecule has 9 aromatic carbocycles. The first kappa shape index (κ1) is 30.0. The number of nitrogens with zero attached hydrogens (tertiary/aromatic N) is 1. The van der Waals surface area contributed by atoms with Crippen molar-refractivity contribution in [3.63, 3.8) is 0 Å². The van der Waals surface area contributed by atoms with Gasteiger partial charge in [0.25, 0.3) is 0 Å². The van der Waals surface area contributed by atoms with Gasteiger partial charge in [-0.3, -0.25) is 0 Å². The Labute approximate surface area is 302 Å². The van der Waals surface area contributed by atoms with E-state index in [-0.39, 0.29) is 0 Å². The number of hydrogen-bond acceptors (Lipinski definition) is 2. The second-order valence-corrected chi connectivity index (χ2v) is 13.4. The number of furan rings is 1. The van der Waals surface area contributed by atoms with Crippen molar-refractivity contribution >= 4 is 60.5 Å². The van der Waals surface area contributed by atoms with Crippen LogP contribution in [0.4, 0.5) is 17.1 Å². The highest BCUT2D eigenvalue weighted by molar-refractivity contribution is 6.07. The number of rotatable bonds is 6. The smallest absolute Gasteiger partial charge is 0.135 e. The summed E-state index contributed by atoms with van der Waals surface area (Å²) in [6.07, 6.45) is 0. The van der Waals surface area contributed by atoms with E-state index in [1.165, 1.54) is 54.9 Å². The van der Waals surface area contributed by atoms with Gasteiger partial charge in [0.15, 0.2) is 0 Å². The van der Waals surface area contributed by atoms with E-state index in [1.807, 2.05) is 12.1 Å². The van der Waals surface area contributed by atoms with E-state index in [0.717, 1.165) is 39.0 Å². The Bertz CT molecular complexity index is 2900. The quantitative estimate of drug-likeness (QED) is 0.176. The van der Waals surface area contributed by atoms with Crippen molar-refractivity contribution in [1.29, 1.82) is 0 Å². The summed E-state index contributed by atoms with van der Waals surface area (Å²) in [5, 5.41) is 7.20. The van der Waals surface area contributed by atoms with Gasteiger partial charge in [-0.05, 0) is 110 Å². The third-order valence-corrected chi connectivity index (χ3v) is 10.2. The summed E-state index contributed by atoms with van der Waals surface area (Å²) in [6.45, 7) is 0. The fourth-order valence-electron chi connectivity index (χ4n) is 7.59. The van der Waals surface area contributed by atoms with Crippen LogP contribution in [0.15, 0.2) is 205 Å². The Balaban J connectivity index is 1.04. The average Bonchev–Trinajstić information content (AvgIpc) is 3.59. The van der Waals surface area contributed by atoms with E-state index in [0.29, 0.717) is 0 Å². The van der Waals surface area contributed by atoms with Gasteiger partial charge in [0.2, 0.25) is 0 Å². The van der Waals surface area contributed by atoms with E-state index < -0.39 is 0 Å². The molecule has 0 unspecified atom stereocenters. The molecule has 0 aliphatic carbocycles.